The molecule has 0 bridgehead atoms. The molecule has 2 N–H and O–H groups in total. The van der Waals surface area contributed by atoms with Gasteiger partial charge in [0, 0.05) is 12.6 Å². The molecule has 0 aromatic rings. The Morgan fingerprint density at radius 3 is 2.68 bits per heavy atom. The molecule has 2 fully saturated rings. The first-order valence-electron chi connectivity index (χ1n) is 7.76. The number of hydrogen-bond acceptors (Lipinski definition) is 3. The van der Waals surface area contributed by atoms with Crippen molar-refractivity contribution in [2.75, 3.05) is 20.1 Å². The van der Waals surface area contributed by atoms with Crippen molar-refractivity contribution < 1.29 is 9.90 Å². The molecule has 0 aromatic carbocycles. The number of nitrogens with one attached hydrogen (secondary N) is 1. The fourth-order valence-electron chi connectivity index (χ4n) is 3.42. The van der Waals surface area contributed by atoms with Gasteiger partial charge in [-0.15, -0.1) is 0 Å². The summed E-state index contributed by atoms with van der Waals surface area (Å²) in [6.45, 7) is 4.03. The lowest BCUT2D eigenvalue weighted by molar-refractivity contribution is -0.144. The summed E-state index contributed by atoms with van der Waals surface area (Å²) in [6, 6.07) is 0.432. The molecular formula is C15H28N2O2. The van der Waals surface area contributed by atoms with Gasteiger partial charge in [-0.2, -0.15) is 0 Å². The Morgan fingerprint density at radius 1 is 1.42 bits per heavy atom. The Morgan fingerprint density at radius 2 is 2.16 bits per heavy atom. The van der Waals surface area contributed by atoms with Gasteiger partial charge in [0.2, 0.25) is 0 Å². The van der Waals surface area contributed by atoms with Crippen molar-refractivity contribution in [3.8, 4) is 0 Å². The maximum atomic E-state index is 11.6. The molecule has 4 nitrogen and oxygen atoms in total. The number of rotatable bonds is 7. The summed E-state index contributed by atoms with van der Waals surface area (Å²) >= 11 is 0. The third-order valence-corrected chi connectivity index (χ3v) is 5.01. The standard InChI is InChI=1S/C15H28N2O2/c1-3-9-16-15(14(18)19)8-7-13(10-15)17(2)11-12-5-4-6-12/h12-13,16H,3-11H2,1-2H3,(H,18,19). The van der Waals surface area contributed by atoms with Gasteiger partial charge < -0.3 is 15.3 Å². The van der Waals surface area contributed by atoms with E-state index in [0.717, 1.165) is 44.7 Å². The molecule has 0 saturated heterocycles. The molecule has 2 unspecified atom stereocenters. The first kappa shape index (κ1) is 14.8. The zero-order valence-corrected chi connectivity index (χ0v) is 12.3. The van der Waals surface area contributed by atoms with Crippen molar-refractivity contribution in [2.24, 2.45) is 5.92 Å². The van der Waals surface area contributed by atoms with Crippen LogP contribution in [0, 0.1) is 5.92 Å². The van der Waals surface area contributed by atoms with Crippen molar-refractivity contribution in [3.63, 3.8) is 0 Å². The van der Waals surface area contributed by atoms with Crippen LogP contribution < -0.4 is 5.32 Å². The maximum absolute atomic E-state index is 11.6. The Kier molecular flexibility index (Phi) is 4.85. The molecule has 0 spiro atoms. The van der Waals surface area contributed by atoms with E-state index in [-0.39, 0.29) is 0 Å². The van der Waals surface area contributed by atoms with Crippen LogP contribution >= 0.6 is 0 Å². The molecule has 0 amide bonds. The third kappa shape index (κ3) is 3.29. The van der Waals surface area contributed by atoms with Gasteiger partial charge in [-0.25, -0.2) is 0 Å². The van der Waals surface area contributed by atoms with Crippen LogP contribution in [0.4, 0.5) is 0 Å². The van der Waals surface area contributed by atoms with Gasteiger partial charge in [0.15, 0.2) is 0 Å². The molecule has 0 heterocycles. The molecule has 4 heteroatoms. The lowest BCUT2D eigenvalue weighted by atomic mass is 9.85. The zero-order valence-electron chi connectivity index (χ0n) is 12.3. The highest BCUT2D eigenvalue weighted by Crippen LogP contribution is 2.35. The Hall–Kier alpha value is -0.610. The molecule has 2 aliphatic rings. The van der Waals surface area contributed by atoms with E-state index in [9.17, 15) is 9.90 Å². The SMILES string of the molecule is CCCNC1(C(=O)O)CCC(N(C)CC2CCC2)C1. The van der Waals surface area contributed by atoms with Crippen LogP contribution in [-0.4, -0.2) is 47.7 Å². The number of carboxylic acids is 1. The average Bonchev–Trinajstić information content (AvgIpc) is 2.77. The highest BCUT2D eigenvalue weighted by molar-refractivity contribution is 5.79. The van der Waals surface area contributed by atoms with Gasteiger partial charge in [0.05, 0.1) is 0 Å². The topological polar surface area (TPSA) is 52.6 Å². The van der Waals surface area contributed by atoms with E-state index in [2.05, 4.69) is 24.2 Å². The van der Waals surface area contributed by atoms with Crippen LogP contribution in [0.2, 0.25) is 0 Å². The summed E-state index contributed by atoms with van der Waals surface area (Å²) in [5, 5.41) is 12.8. The molecule has 0 aromatic heterocycles. The monoisotopic (exact) mass is 268 g/mol. The number of carbonyl (C=O) groups is 1. The van der Waals surface area contributed by atoms with Crippen LogP contribution in [0.5, 0.6) is 0 Å². The minimum Gasteiger partial charge on any atom is -0.480 e. The van der Waals surface area contributed by atoms with Gasteiger partial charge in [-0.3, -0.25) is 4.79 Å². The van der Waals surface area contributed by atoms with Crippen LogP contribution in [0.1, 0.15) is 51.9 Å². The summed E-state index contributed by atoms with van der Waals surface area (Å²) in [5.41, 5.74) is -0.672. The second kappa shape index (κ2) is 6.23. The third-order valence-electron chi connectivity index (χ3n) is 5.01. The lowest BCUT2D eigenvalue weighted by Crippen LogP contribution is -2.51. The average molecular weight is 268 g/mol. The van der Waals surface area contributed by atoms with E-state index >= 15 is 0 Å². The molecule has 110 valence electrons. The van der Waals surface area contributed by atoms with E-state index in [1.54, 1.807) is 0 Å². The van der Waals surface area contributed by atoms with Crippen molar-refractivity contribution in [3.05, 3.63) is 0 Å². The van der Waals surface area contributed by atoms with Crippen molar-refractivity contribution >= 4 is 5.97 Å². The van der Waals surface area contributed by atoms with Crippen LogP contribution in [0.3, 0.4) is 0 Å². The normalized spacial score (nSPS) is 31.6. The first-order chi connectivity index (χ1) is 9.07. The molecule has 2 rings (SSSR count). The van der Waals surface area contributed by atoms with E-state index in [1.165, 1.54) is 19.3 Å². The largest absolute Gasteiger partial charge is 0.480 e. The van der Waals surface area contributed by atoms with Gasteiger partial charge in [0.25, 0.3) is 0 Å². The Labute approximate surface area is 116 Å². The number of hydrogen-bond donors (Lipinski definition) is 2. The molecule has 0 radical (unpaired) electrons. The molecular weight excluding hydrogens is 240 g/mol. The summed E-state index contributed by atoms with van der Waals surface area (Å²) < 4.78 is 0. The molecule has 2 aliphatic carbocycles. The van der Waals surface area contributed by atoms with Crippen molar-refractivity contribution in [1.82, 2.24) is 10.2 Å². The maximum Gasteiger partial charge on any atom is 0.323 e. The minimum absolute atomic E-state index is 0.432. The van der Waals surface area contributed by atoms with Crippen LogP contribution in [-0.2, 0) is 4.79 Å². The minimum atomic E-state index is -0.672. The number of aliphatic carboxylic acids is 1. The lowest BCUT2D eigenvalue weighted by Gasteiger charge is -2.34. The smallest absolute Gasteiger partial charge is 0.323 e. The second-order valence-electron chi connectivity index (χ2n) is 6.45. The number of carboxylic acid groups (broad SMARTS) is 1. The second-order valence-corrected chi connectivity index (χ2v) is 6.45. The summed E-state index contributed by atoms with van der Waals surface area (Å²) in [5.74, 6) is 0.189. The van der Waals surface area contributed by atoms with Gasteiger partial charge in [0.1, 0.15) is 5.54 Å². The zero-order chi connectivity index (χ0) is 13.9. The molecule has 2 atom stereocenters. The molecule has 0 aliphatic heterocycles. The quantitative estimate of drug-likeness (QED) is 0.742. The Bertz CT molecular complexity index is 317. The van der Waals surface area contributed by atoms with Crippen molar-refractivity contribution in [2.45, 2.75) is 63.5 Å². The molecule has 19 heavy (non-hydrogen) atoms. The van der Waals surface area contributed by atoms with Gasteiger partial charge in [-0.1, -0.05) is 13.3 Å². The van der Waals surface area contributed by atoms with Gasteiger partial charge in [-0.05, 0) is 58.0 Å². The highest BCUT2D eigenvalue weighted by Gasteiger charge is 2.46. The van der Waals surface area contributed by atoms with Crippen LogP contribution in [0.25, 0.3) is 0 Å². The predicted octanol–water partition coefficient (Wildman–Crippen LogP) is 2.09. The van der Waals surface area contributed by atoms with E-state index < -0.39 is 11.5 Å². The highest BCUT2D eigenvalue weighted by atomic mass is 16.4. The van der Waals surface area contributed by atoms with E-state index in [0.29, 0.717) is 6.04 Å². The van der Waals surface area contributed by atoms with E-state index in [1.807, 2.05) is 0 Å². The Balaban J connectivity index is 1.89. The summed E-state index contributed by atoms with van der Waals surface area (Å²) in [7, 11) is 2.17. The fraction of sp³-hybridized carbons (Fsp3) is 0.933. The summed E-state index contributed by atoms with van der Waals surface area (Å²) in [6.07, 6.45) is 7.60. The van der Waals surface area contributed by atoms with Crippen molar-refractivity contribution in [1.29, 1.82) is 0 Å². The fourth-order valence-corrected chi connectivity index (χ4v) is 3.42. The van der Waals surface area contributed by atoms with E-state index in [4.69, 9.17) is 0 Å². The first-order valence-corrected chi connectivity index (χ1v) is 7.76. The summed E-state index contributed by atoms with van der Waals surface area (Å²) in [4.78, 5) is 14.0. The number of nitrogens with zero attached hydrogens (tertiary/aromatic N) is 1. The molecule has 2 saturated carbocycles. The van der Waals surface area contributed by atoms with Crippen LogP contribution in [0.15, 0.2) is 0 Å². The predicted molar refractivity (Wildman–Crippen MR) is 76.3 cm³/mol. The van der Waals surface area contributed by atoms with Gasteiger partial charge >= 0.3 is 5.97 Å².